The lowest BCUT2D eigenvalue weighted by Crippen LogP contribution is -2.43. The Hall–Kier alpha value is -2.64. The van der Waals surface area contributed by atoms with E-state index < -0.39 is 23.4 Å². The van der Waals surface area contributed by atoms with Crippen molar-refractivity contribution in [3.63, 3.8) is 0 Å². The number of rotatable bonds is 3. The van der Waals surface area contributed by atoms with Gasteiger partial charge in [0.1, 0.15) is 0 Å². The highest BCUT2D eigenvalue weighted by Gasteiger charge is 2.32. The summed E-state index contributed by atoms with van der Waals surface area (Å²) in [6, 6.07) is 4.72. The van der Waals surface area contributed by atoms with E-state index in [1.54, 1.807) is 18.7 Å². The second kappa shape index (κ2) is 7.41. The van der Waals surface area contributed by atoms with Crippen molar-refractivity contribution in [2.45, 2.75) is 39.8 Å². The fourth-order valence-corrected chi connectivity index (χ4v) is 3.66. The number of carbonyl (C=O) groups excluding carboxylic acids is 2. The third-order valence-corrected chi connectivity index (χ3v) is 5.07. The average molecular weight is 393 g/mol. The highest BCUT2D eigenvalue weighted by molar-refractivity contribution is 6.43. The van der Waals surface area contributed by atoms with Crippen LogP contribution < -0.4 is 0 Å². The average Bonchev–Trinajstić information content (AvgIpc) is 2.94. The third-order valence-electron chi connectivity index (χ3n) is 5.07. The first kappa shape index (κ1) is 20.1. The predicted octanol–water partition coefficient (Wildman–Crippen LogP) is 3.95. The van der Waals surface area contributed by atoms with Gasteiger partial charge in [-0.2, -0.15) is 18.3 Å². The Balaban J connectivity index is 1.94. The summed E-state index contributed by atoms with van der Waals surface area (Å²) in [6.45, 7) is 6.27. The van der Waals surface area contributed by atoms with Crippen LogP contribution in [0.5, 0.6) is 0 Å². The number of ketones is 1. The second-order valence-electron chi connectivity index (χ2n) is 7.33. The fraction of sp³-hybridized carbons (Fsp3) is 0.450. The minimum Gasteiger partial charge on any atom is -0.336 e. The van der Waals surface area contributed by atoms with Crippen molar-refractivity contribution in [3.05, 3.63) is 46.8 Å². The topological polar surface area (TPSA) is 55.2 Å². The smallest absolute Gasteiger partial charge is 0.336 e. The minimum atomic E-state index is -4.48. The quantitative estimate of drug-likeness (QED) is 0.586. The summed E-state index contributed by atoms with van der Waals surface area (Å²) in [4.78, 5) is 27.1. The standard InChI is InChI=1S/C20H22F3N3O2/c1-12-6-5-9-25(11-12)19(28)18(27)17-13(2)24-26(14(17)3)16-8-4-7-15(10-16)20(21,22)23/h4,7-8,10,12H,5-6,9,11H2,1-3H3/t12-/m0/s1. The maximum Gasteiger partial charge on any atom is 0.416 e. The molecule has 0 N–H and O–H groups in total. The lowest BCUT2D eigenvalue weighted by Gasteiger charge is -2.30. The highest BCUT2D eigenvalue weighted by Crippen LogP contribution is 2.31. The summed E-state index contributed by atoms with van der Waals surface area (Å²) >= 11 is 0. The molecule has 0 saturated carbocycles. The van der Waals surface area contributed by atoms with Crippen LogP contribution in [0.15, 0.2) is 24.3 Å². The van der Waals surface area contributed by atoms with Crippen molar-refractivity contribution >= 4 is 11.7 Å². The molecule has 1 fully saturated rings. The van der Waals surface area contributed by atoms with Crippen molar-refractivity contribution in [2.24, 2.45) is 5.92 Å². The van der Waals surface area contributed by atoms with Crippen molar-refractivity contribution in [1.29, 1.82) is 0 Å². The summed E-state index contributed by atoms with van der Waals surface area (Å²) in [5, 5.41) is 4.22. The Labute approximate surface area is 161 Å². The number of hydrogen-bond acceptors (Lipinski definition) is 3. The van der Waals surface area contributed by atoms with E-state index in [-0.39, 0.29) is 11.3 Å². The van der Waals surface area contributed by atoms with E-state index in [2.05, 4.69) is 5.10 Å². The summed E-state index contributed by atoms with van der Waals surface area (Å²) in [5.41, 5.74) is 0.205. The molecule has 1 aliphatic rings. The number of benzene rings is 1. The van der Waals surface area contributed by atoms with Gasteiger partial charge in [0, 0.05) is 13.1 Å². The molecule has 150 valence electrons. The number of carbonyl (C=O) groups is 2. The first-order valence-corrected chi connectivity index (χ1v) is 9.17. The van der Waals surface area contributed by atoms with Crippen molar-refractivity contribution < 1.29 is 22.8 Å². The molecule has 1 aromatic carbocycles. The van der Waals surface area contributed by atoms with E-state index in [1.165, 1.54) is 16.8 Å². The molecule has 0 spiro atoms. The first-order valence-electron chi connectivity index (χ1n) is 9.17. The van der Waals surface area contributed by atoms with Gasteiger partial charge < -0.3 is 4.90 Å². The van der Waals surface area contributed by atoms with E-state index >= 15 is 0 Å². The van der Waals surface area contributed by atoms with Crippen LogP contribution in [0, 0.1) is 19.8 Å². The van der Waals surface area contributed by atoms with Gasteiger partial charge in [-0.15, -0.1) is 0 Å². The van der Waals surface area contributed by atoms with Crippen LogP contribution in [0.25, 0.3) is 5.69 Å². The number of halogens is 3. The molecule has 28 heavy (non-hydrogen) atoms. The fourth-order valence-electron chi connectivity index (χ4n) is 3.66. The molecule has 0 bridgehead atoms. The number of likely N-dealkylation sites (tertiary alicyclic amines) is 1. The molecule has 1 aromatic heterocycles. The monoisotopic (exact) mass is 393 g/mol. The van der Waals surface area contributed by atoms with Gasteiger partial charge >= 0.3 is 6.18 Å². The molecule has 0 unspecified atom stereocenters. The van der Waals surface area contributed by atoms with Gasteiger partial charge in [0.25, 0.3) is 11.7 Å². The lowest BCUT2D eigenvalue weighted by atomic mass is 9.99. The molecule has 1 saturated heterocycles. The highest BCUT2D eigenvalue weighted by atomic mass is 19.4. The van der Waals surface area contributed by atoms with Crippen LogP contribution in [0.3, 0.4) is 0 Å². The molecule has 0 radical (unpaired) electrons. The molecule has 3 rings (SSSR count). The van der Waals surface area contributed by atoms with E-state index in [0.29, 0.717) is 30.4 Å². The summed E-state index contributed by atoms with van der Waals surface area (Å²) in [5.74, 6) is -0.913. The minimum absolute atomic E-state index is 0.153. The van der Waals surface area contributed by atoms with Crippen LogP contribution in [-0.4, -0.2) is 39.5 Å². The molecule has 1 aliphatic heterocycles. The molecule has 5 nitrogen and oxygen atoms in total. The van der Waals surface area contributed by atoms with Crippen LogP contribution in [0.4, 0.5) is 13.2 Å². The van der Waals surface area contributed by atoms with Gasteiger partial charge in [-0.3, -0.25) is 9.59 Å². The number of Topliss-reactive ketones (excluding diaryl/α,β-unsaturated/α-hetero) is 1. The van der Waals surface area contributed by atoms with Crippen LogP contribution in [0.1, 0.15) is 47.1 Å². The molecule has 0 aliphatic carbocycles. The van der Waals surface area contributed by atoms with Gasteiger partial charge in [-0.05, 0) is 50.8 Å². The van der Waals surface area contributed by atoms with Crippen molar-refractivity contribution in [2.75, 3.05) is 13.1 Å². The first-order chi connectivity index (χ1) is 13.1. The Bertz CT molecular complexity index is 918. The largest absolute Gasteiger partial charge is 0.416 e. The van der Waals surface area contributed by atoms with E-state index in [0.717, 1.165) is 25.0 Å². The Kier molecular flexibility index (Phi) is 5.32. The molecular weight excluding hydrogens is 371 g/mol. The third kappa shape index (κ3) is 3.81. The second-order valence-corrected chi connectivity index (χ2v) is 7.33. The van der Waals surface area contributed by atoms with Crippen molar-refractivity contribution in [3.8, 4) is 5.69 Å². The zero-order valence-corrected chi connectivity index (χ0v) is 16.0. The van der Waals surface area contributed by atoms with Gasteiger partial charge in [0.05, 0.1) is 28.2 Å². The molecule has 8 heteroatoms. The number of amides is 1. The summed E-state index contributed by atoms with van der Waals surface area (Å²) in [7, 11) is 0. The van der Waals surface area contributed by atoms with Crippen molar-refractivity contribution in [1.82, 2.24) is 14.7 Å². The van der Waals surface area contributed by atoms with Gasteiger partial charge in [-0.1, -0.05) is 13.0 Å². The molecule has 2 heterocycles. The lowest BCUT2D eigenvalue weighted by molar-refractivity contribution is -0.137. The number of piperidine rings is 1. The summed E-state index contributed by atoms with van der Waals surface area (Å²) < 4.78 is 40.3. The number of alkyl halides is 3. The van der Waals surface area contributed by atoms with Gasteiger partial charge in [-0.25, -0.2) is 4.68 Å². The normalized spacial score (nSPS) is 17.6. The van der Waals surface area contributed by atoms with Gasteiger partial charge in [0.15, 0.2) is 0 Å². The number of nitrogens with zero attached hydrogens (tertiary/aromatic N) is 3. The molecule has 1 atom stereocenters. The van der Waals surface area contributed by atoms with Gasteiger partial charge in [0.2, 0.25) is 0 Å². The van der Waals surface area contributed by atoms with E-state index in [9.17, 15) is 22.8 Å². The maximum absolute atomic E-state index is 13.0. The SMILES string of the molecule is Cc1nn(-c2cccc(C(F)(F)F)c2)c(C)c1C(=O)C(=O)N1CCC[C@H](C)C1. The maximum atomic E-state index is 13.0. The molecule has 1 amide bonds. The number of hydrogen-bond donors (Lipinski definition) is 0. The predicted molar refractivity (Wildman–Crippen MR) is 97.3 cm³/mol. The number of aromatic nitrogens is 2. The van der Waals surface area contributed by atoms with Crippen LogP contribution in [-0.2, 0) is 11.0 Å². The van der Waals surface area contributed by atoms with E-state index in [4.69, 9.17) is 0 Å². The summed E-state index contributed by atoms with van der Waals surface area (Å²) in [6.07, 6.45) is -2.61. The van der Waals surface area contributed by atoms with E-state index in [1.807, 2.05) is 6.92 Å². The van der Waals surface area contributed by atoms with Crippen LogP contribution in [0.2, 0.25) is 0 Å². The zero-order valence-electron chi connectivity index (χ0n) is 16.0. The Morgan fingerprint density at radius 1 is 1.21 bits per heavy atom. The molecular formula is C20H22F3N3O2. The zero-order chi connectivity index (χ0) is 20.6. The molecule has 2 aromatic rings. The number of aryl methyl sites for hydroxylation is 1. The Morgan fingerprint density at radius 3 is 2.57 bits per heavy atom. The Morgan fingerprint density at radius 2 is 1.93 bits per heavy atom. The van der Waals surface area contributed by atoms with Crippen LogP contribution >= 0.6 is 0 Å².